The molecule has 104 valence electrons. The van der Waals surface area contributed by atoms with Gasteiger partial charge in [0, 0.05) is 12.6 Å². The van der Waals surface area contributed by atoms with Crippen LogP contribution in [-0.4, -0.2) is 18.5 Å². The van der Waals surface area contributed by atoms with E-state index in [1.54, 1.807) is 0 Å². The van der Waals surface area contributed by atoms with Crippen LogP contribution in [0.1, 0.15) is 58.3 Å². The van der Waals surface area contributed by atoms with Crippen LogP contribution in [0.25, 0.3) is 0 Å². The van der Waals surface area contributed by atoms with Gasteiger partial charge in [-0.2, -0.15) is 0 Å². The van der Waals surface area contributed by atoms with Crippen molar-refractivity contribution in [2.24, 2.45) is 23.5 Å². The van der Waals surface area contributed by atoms with Gasteiger partial charge in [-0.25, -0.2) is 0 Å². The van der Waals surface area contributed by atoms with Gasteiger partial charge in [0.25, 0.3) is 0 Å². The van der Waals surface area contributed by atoms with Crippen LogP contribution in [0.4, 0.5) is 0 Å². The third-order valence-corrected chi connectivity index (χ3v) is 4.80. The molecule has 0 radical (unpaired) electrons. The fraction of sp³-hybridized carbons (Fsp3) is 0.933. The molecule has 0 aromatic heterocycles. The summed E-state index contributed by atoms with van der Waals surface area (Å²) in [5, 5.41) is 3.10. The molecule has 3 N–H and O–H groups in total. The number of hydrogen-bond donors (Lipinski definition) is 2. The summed E-state index contributed by atoms with van der Waals surface area (Å²) in [5.41, 5.74) is 5.95. The normalized spacial score (nSPS) is 36.6. The van der Waals surface area contributed by atoms with E-state index in [2.05, 4.69) is 12.2 Å². The van der Waals surface area contributed by atoms with Crippen molar-refractivity contribution in [3.8, 4) is 0 Å². The predicted octanol–water partition coefficient (Wildman–Crippen LogP) is 2.45. The van der Waals surface area contributed by atoms with Gasteiger partial charge in [0.1, 0.15) is 0 Å². The highest BCUT2D eigenvalue weighted by molar-refractivity contribution is 5.79. The maximum absolute atomic E-state index is 12.0. The van der Waals surface area contributed by atoms with Gasteiger partial charge in [0.05, 0.1) is 5.92 Å². The summed E-state index contributed by atoms with van der Waals surface area (Å²) in [6.45, 7) is 3.20. The Morgan fingerprint density at radius 3 is 2.67 bits per heavy atom. The van der Waals surface area contributed by atoms with E-state index in [9.17, 15) is 4.79 Å². The molecule has 0 bridgehead atoms. The molecule has 2 aliphatic carbocycles. The molecule has 2 rings (SSSR count). The first-order valence-corrected chi connectivity index (χ1v) is 7.70. The van der Waals surface area contributed by atoms with Crippen LogP contribution in [-0.2, 0) is 4.79 Å². The van der Waals surface area contributed by atoms with Crippen molar-refractivity contribution in [3.63, 3.8) is 0 Å². The SMILES string of the molecule is CC1CCCC(CCNC(=O)C2CCCC2N)C1. The molecule has 2 aliphatic rings. The molecule has 0 spiro atoms. The zero-order valence-corrected chi connectivity index (χ0v) is 11.7. The number of amides is 1. The summed E-state index contributed by atoms with van der Waals surface area (Å²) < 4.78 is 0. The average molecular weight is 252 g/mol. The Kier molecular flexibility index (Phi) is 5.04. The van der Waals surface area contributed by atoms with Crippen LogP contribution < -0.4 is 11.1 Å². The van der Waals surface area contributed by atoms with Crippen LogP contribution in [0.5, 0.6) is 0 Å². The van der Waals surface area contributed by atoms with Gasteiger partial charge in [0.2, 0.25) is 5.91 Å². The topological polar surface area (TPSA) is 55.1 Å². The first kappa shape index (κ1) is 13.9. The van der Waals surface area contributed by atoms with Crippen molar-refractivity contribution in [2.75, 3.05) is 6.54 Å². The van der Waals surface area contributed by atoms with Crippen LogP contribution in [0.2, 0.25) is 0 Å². The van der Waals surface area contributed by atoms with Gasteiger partial charge >= 0.3 is 0 Å². The van der Waals surface area contributed by atoms with Crippen molar-refractivity contribution in [2.45, 2.75) is 64.3 Å². The maximum atomic E-state index is 12.0. The Balaban J connectivity index is 1.64. The van der Waals surface area contributed by atoms with Gasteiger partial charge in [0.15, 0.2) is 0 Å². The second-order valence-electron chi connectivity index (χ2n) is 6.42. The van der Waals surface area contributed by atoms with E-state index < -0.39 is 0 Å². The molecular weight excluding hydrogens is 224 g/mol. The van der Waals surface area contributed by atoms with E-state index in [4.69, 9.17) is 5.73 Å². The highest BCUT2D eigenvalue weighted by Gasteiger charge is 2.30. The van der Waals surface area contributed by atoms with Crippen molar-refractivity contribution in [3.05, 3.63) is 0 Å². The van der Waals surface area contributed by atoms with E-state index in [1.165, 1.54) is 25.7 Å². The fourth-order valence-electron chi connectivity index (χ4n) is 3.67. The van der Waals surface area contributed by atoms with Crippen LogP contribution in [0.15, 0.2) is 0 Å². The molecule has 0 aliphatic heterocycles. The smallest absolute Gasteiger partial charge is 0.224 e. The minimum atomic E-state index is 0.0790. The highest BCUT2D eigenvalue weighted by atomic mass is 16.1. The second-order valence-corrected chi connectivity index (χ2v) is 6.42. The Morgan fingerprint density at radius 2 is 2.00 bits per heavy atom. The van der Waals surface area contributed by atoms with E-state index >= 15 is 0 Å². The molecule has 4 atom stereocenters. The monoisotopic (exact) mass is 252 g/mol. The molecule has 1 amide bonds. The molecule has 2 fully saturated rings. The fourth-order valence-corrected chi connectivity index (χ4v) is 3.67. The van der Waals surface area contributed by atoms with Gasteiger partial charge in [-0.3, -0.25) is 4.79 Å². The quantitative estimate of drug-likeness (QED) is 0.807. The van der Waals surface area contributed by atoms with Gasteiger partial charge < -0.3 is 11.1 Å². The van der Waals surface area contributed by atoms with Crippen LogP contribution >= 0.6 is 0 Å². The Hall–Kier alpha value is -0.570. The van der Waals surface area contributed by atoms with Crippen molar-refractivity contribution < 1.29 is 4.79 Å². The number of nitrogens with two attached hydrogens (primary N) is 1. The van der Waals surface area contributed by atoms with Gasteiger partial charge in [-0.1, -0.05) is 32.6 Å². The summed E-state index contributed by atoms with van der Waals surface area (Å²) >= 11 is 0. The first-order valence-electron chi connectivity index (χ1n) is 7.70. The van der Waals surface area contributed by atoms with Gasteiger partial charge in [-0.05, 0) is 37.5 Å². The molecule has 0 saturated heterocycles. The lowest BCUT2D eigenvalue weighted by Crippen LogP contribution is -2.39. The van der Waals surface area contributed by atoms with Crippen molar-refractivity contribution in [1.29, 1.82) is 0 Å². The van der Waals surface area contributed by atoms with Crippen LogP contribution in [0, 0.1) is 17.8 Å². The van der Waals surface area contributed by atoms with E-state index in [0.29, 0.717) is 0 Å². The zero-order chi connectivity index (χ0) is 13.0. The Bertz CT molecular complexity index is 280. The Labute approximate surface area is 111 Å². The first-order chi connectivity index (χ1) is 8.66. The lowest BCUT2D eigenvalue weighted by molar-refractivity contribution is -0.125. The number of hydrogen-bond acceptors (Lipinski definition) is 2. The minimum Gasteiger partial charge on any atom is -0.356 e. The van der Waals surface area contributed by atoms with E-state index in [0.717, 1.165) is 44.1 Å². The summed E-state index contributed by atoms with van der Waals surface area (Å²) in [4.78, 5) is 12.0. The summed E-state index contributed by atoms with van der Waals surface area (Å²) in [6, 6.07) is 0.0969. The molecule has 4 unspecified atom stereocenters. The molecule has 2 saturated carbocycles. The largest absolute Gasteiger partial charge is 0.356 e. The van der Waals surface area contributed by atoms with Crippen molar-refractivity contribution in [1.82, 2.24) is 5.32 Å². The third-order valence-electron chi connectivity index (χ3n) is 4.80. The number of carbonyl (C=O) groups is 1. The minimum absolute atomic E-state index is 0.0790. The van der Waals surface area contributed by atoms with Crippen molar-refractivity contribution >= 4 is 5.91 Å². The third kappa shape index (κ3) is 3.71. The molecular formula is C15H28N2O. The number of rotatable bonds is 4. The summed E-state index contributed by atoms with van der Waals surface area (Å²) in [5.74, 6) is 1.98. The Morgan fingerprint density at radius 1 is 1.22 bits per heavy atom. The molecule has 18 heavy (non-hydrogen) atoms. The average Bonchev–Trinajstić information content (AvgIpc) is 2.75. The number of carbonyl (C=O) groups excluding carboxylic acids is 1. The number of nitrogens with one attached hydrogen (secondary N) is 1. The van der Waals surface area contributed by atoms with Gasteiger partial charge in [-0.15, -0.1) is 0 Å². The van der Waals surface area contributed by atoms with E-state index in [1.807, 2.05) is 0 Å². The second kappa shape index (κ2) is 6.55. The molecule has 0 aromatic carbocycles. The summed E-state index contributed by atoms with van der Waals surface area (Å²) in [7, 11) is 0. The standard InChI is InChI=1S/C15H28N2O/c1-11-4-2-5-12(10-11)8-9-17-15(18)13-6-3-7-14(13)16/h11-14H,2-10,16H2,1H3,(H,17,18). The molecule has 0 heterocycles. The molecule has 3 nitrogen and oxygen atoms in total. The molecule has 3 heteroatoms. The summed E-state index contributed by atoms with van der Waals surface area (Å²) in [6.07, 6.45) is 9.71. The maximum Gasteiger partial charge on any atom is 0.224 e. The predicted molar refractivity (Wildman–Crippen MR) is 74.1 cm³/mol. The lowest BCUT2D eigenvalue weighted by atomic mass is 9.81. The van der Waals surface area contributed by atoms with Crippen LogP contribution in [0.3, 0.4) is 0 Å². The van der Waals surface area contributed by atoms with E-state index in [-0.39, 0.29) is 17.9 Å². The highest BCUT2D eigenvalue weighted by Crippen LogP contribution is 2.30. The lowest BCUT2D eigenvalue weighted by Gasteiger charge is -2.27. The zero-order valence-electron chi connectivity index (χ0n) is 11.7. The molecule has 0 aromatic rings.